The van der Waals surface area contributed by atoms with Gasteiger partial charge in [0, 0.05) is 42.8 Å². The van der Waals surface area contributed by atoms with Crippen LogP contribution in [0, 0.1) is 0 Å². The largest absolute Gasteiger partial charge is 0.490 e. The Morgan fingerprint density at radius 2 is 1.93 bits per heavy atom. The minimum atomic E-state index is -5.08. The van der Waals surface area contributed by atoms with Crippen LogP contribution in [0.25, 0.3) is 11.4 Å². The summed E-state index contributed by atoms with van der Waals surface area (Å²) < 4.78 is 37.5. The molecular formula is C18H19F3N4O3. The Hall–Kier alpha value is -2.75. The van der Waals surface area contributed by atoms with Crippen LogP contribution in [0.5, 0.6) is 5.88 Å². The lowest BCUT2D eigenvalue weighted by Gasteiger charge is -2.27. The van der Waals surface area contributed by atoms with Crippen molar-refractivity contribution in [1.82, 2.24) is 20.3 Å². The summed E-state index contributed by atoms with van der Waals surface area (Å²) in [6.07, 6.45) is 3.48. The normalized spacial score (nSPS) is 16.2. The zero-order valence-electron chi connectivity index (χ0n) is 14.9. The predicted molar refractivity (Wildman–Crippen MR) is 92.9 cm³/mol. The van der Waals surface area contributed by atoms with Crippen molar-refractivity contribution in [2.45, 2.75) is 38.0 Å². The highest BCUT2D eigenvalue weighted by atomic mass is 19.4. The molecule has 0 atom stereocenters. The number of aromatic nitrogens is 3. The first-order chi connectivity index (χ1) is 13.3. The number of carbonyl (C=O) groups is 1. The third kappa shape index (κ3) is 5.16. The van der Waals surface area contributed by atoms with E-state index in [0.29, 0.717) is 11.7 Å². The molecule has 2 aliphatic rings. The van der Waals surface area contributed by atoms with Crippen LogP contribution in [0.4, 0.5) is 13.2 Å². The van der Waals surface area contributed by atoms with Crippen LogP contribution >= 0.6 is 0 Å². The van der Waals surface area contributed by atoms with E-state index in [1.807, 2.05) is 12.3 Å². The molecule has 28 heavy (non-hydrogen) atoms. The molecule has 0 unspecified atom stereocenters. The summed E-state index contributed by atoms with van der Waals surface area (Å²) in [5, 5.41) is 10.3. The lowest BCUT2D eigenvalue weighted by atomic mass is 9.95. The number of pyridine rings is 1. The molecule has 0 amide bonds. The average Bonchev–Trinajstić information content (AvgIpc) is 2.64. The number of nitrogens with zero attached hydrogens (tertiary/aromatic N) is 3. The van der Waals surface area contributed by atoms with Gasteiger partial charge in [0.2, 0.25) is 5.88 Å². The van der Waals surface area contributed by atoms with E-state index in [4.69, 9.17) is 14.6 Å². The number of hydrogen-bond acceptors (Lipinski definition) is 6. The van der Waals surface area contributed by atoms with Gasteiger partial charge in [-0.1, -0.05) is 0 Å². The molecule has 1 saturated heterocycles. The molecule has 2 N–H and O–H groups in total. The quantitative estimate of drug-likeness (QED) is 0.822. The molecule has 4 rings (SSSR count). The average molecular weight is 396 g/mol. The Bertz CT molecular complexity index is 841. The van der Waals surface area contributed by atoms with Gasteiger partial charge in [0.25, 0.3) is 0 Å². The van der Waals surface area contributed by atoms with Crippen molar-refractivity contribution in [2.75, 3.05) is 13.1 Å². The summed E-state index contributed by atoms with van der Waals surface area (Å²) in [7, 11) is 0. The van der Waals surface area contributed by atoms with E-state index < -0.39 is 12.1 Å². The highest BCUT2D eigenvalue weighted by Gasteiger charge is 2.38. The Labute approximate surface area is 159 Å². The number of rotatable bonds is 3. The molecule has 3 heterocycles. The molecule has 0 bridgehead atoms. The second-order valence-corrected chi connectivity index (χ2v) is 6.46. The number of aryl methyl sites for hydroxylation is 2. The highest BCUT2D eigenvalue weighted by Crippen LogP contribution is 2.24. The number of halogens is 3. The third-order valence-electron chi connectivity index (χ3n) is 4.33. The molecule has 0 spiro atoms. The van der Waals surface area contributed by atoms with Crippen molar-refractivity contribution in [3.63, 3.8) is 0 Å². The summed E-state index contributed by atoms with van der Waals surface area (Å²) in [6.45, 7) is 1.78. The van der Waals surface area contributed by atoms with E-state index in [9.17, 15) is 13.2 Å². The third-order valence-corrected chi connectivity index (χ3v) is 4.33. The summed E-state index contributed by atoms with van der Waals surface area (Å²) >= 11 is 0. The Balaban J connectivity index is 0.000000279. The maximum Gasteiger partial charge on any atom is 0.490 e. The van der Waals surface area contributed by atoms with Gasteiger partial charge in [-0.15, -0.1) is 0 Å². The number of carboxylic acids is 1. The molecule has 2 aromatic rings. The number of fused-ring (bicyclic) bond motifs is 1. The van der Waals surface area contributed by atoms with E-state index in [1.54, 1.807) is 6.20 Å². The summed E-state index contributed by atoms with van der Waals surface area (Å²) in [5.74, 6) is -1.42. The van der Waals surface area contributed by atoms with Gasteiger partial charge in [0.15, 0.2) is 5.82 Å². The van der Waals surface area contributed by atoms with Crippen molar-refractivity contribution in [1.29, 1.82) is 0 Å². The smallest absolute Gasteiger partial charge is 0.475 e. The standard InChI is InChI=1S/C16H18N4O.C2HF3O2/c1-2-4-14-11(3-1)7-12(8-19-14)16-18-6-5-15(20-16)21-13-9-17-10-13;3-2(4,5)1(6)7/h5-8,13,17H,1-4,9-10H2;(H,6,7). The second-order valence-electron chi connectivity index (χ2n) is 6.46. The molecule has 1 aliphatic heterocycles. The van der Waals surface area contributed by atoms with Gasteiger partial charge < -0.3 is 15.2 Å². The van der Waals surface area contributed by atoms with Crippen LogP contribution in [0.3, 0.4) is 0 Å². The molecule has 1 aliphatic carbocycles. The molecule has 10 heteroatoms. The van der Waals surface area contributed by atoms with E-state index in [-0.39, 0.29) is 6.10 Å². The Morgan fingerprint density at radius 1 is 1.21 bits per heavy atom. The highest BCUT2D eigenvalue weighted by molar-refractivity contribution is 5.73. The number of aliphatic carboxylic acids is 1. The molecule has 0 radical (unpaired) electrons. The summed E-state index contributed by atoms with van der Waals surface area (Å²) in [5.41, 5.74) is 3.56. The van der Waals surface area contributed by atoms with Gasteiger partial charge in [0.05, 0.1) is 0 Å². The van der Waals surface area contributed by atoms with Crippen molar-refractivity contribution in [3.05, 3.63) is 35.8 Å². The van der Waals surface area contributed by atoms with E-state index in [1.165, 1.54) is 24.1 Å². The van der Waals surface area contributed by atoms with Crippen LogP contribution in [-0.2, 0) is 17.6 Å². The van der Waals surface area contributed by atoms with Crippen molar-refractivity contribution >= 4 is 5.97 Å². The van der Waals surface area contributed by atoms with Gasteiger partial charge in [-0.2, -0.15) is 18.2 Å². The van der Waals surface area contributed by atoms with Crippen LogP contribution in [0.2, 0.25) is 0 Å². The summed E-state index contributed by atoms with van der Waals surface area (Å²) in [6, 6.07) is 4.00. The minimum Gasteiger partial charge on any atom is -0.475 e. The van der Waals surface area contributed by atoms with Crippen molar-refractivity contribution in [3.8, 4) is 17.3 Å². The van der Waals surface area contributed by atoms with Crippen LogP contribution < -0.4 is 10.1 Å². The number of carboxylic acid groups (broad SMARTS) is 1. The van der Waals surface area contributed by atoms with E-state index in [0.717, 1.165) is 31.5 Å². The fourth-order valence-corrected chi connectivity index (χ4v) is 2.77. The Morgan fingerprint density at radius 3 is 2.57 bits per heavy atom. The first kappa shape index (κ1) is 20.0. The molecule has 150 valence electrons. The van der Waals surface area contributed by atoms with Gasteiger partial charge in [0.1, 0.15) is 6.10 Å². The molecule has 0 aromatic carbocycles. The lowest BCUT2D eigenvalue weighted by molar-refractivity contribution is -0.192. The first-order valence-corrected chi connectivity index (χ1v) is 8.81. The first-order valence-electron chi connectivity index (χ1n) is 8.81. The topological polar surface area (TPSA) is 97.2 Å². The SMILES string of the molecule is O=C(O)C(F)(F)F.c1cc(OC2CNC2)nc(-c2cnc3c(c2)CCCC3)n1. The van der Waals surface area contributed by atoms with Gasteiger partial charge in [-0.05, 0) is 37.3 Å². The molecule has 2 aromatic heterocycles. The maximum atomic E-state index is 10.6. The molecular weight excluding hydrogens is 377 g/mol. The second kappa shape index (κ2) is 8.51. The van der Waals surface area contributed by atoms with Gasteiger partial charge in [-0.25, -0.2) is 9.78 Å². The summed E-state index contributed by atoms with van der Waals surface area (Å²) in [4.78, 5) is 22.4. The zero-order chi connectivity index (χ0) is 20.1. The lowest BCUT2D eigenvalue weighted by Crippen LogP contribution is -2.50. The predicted octanol–water partition coefficient (Wildman–Crippen LogP) is 2.40. The fraction of sp³-hybridized carbons (Fsp3) is 0.444. The van der Waals surface area contributed by atoms with Crippen molar-refractivity contribution in [2.24, 2.45) is 0 Å². The monoisotopic (exact) mass is 396 g/mol. The maximum absolute atomic E-state index is 10.6. The Kier molecular flexibility index (Phi) is 6.08. The van der Waals surface area contributed by atoms with E-state index >= 15 is 0 Å². The molecule has 7 nitrogen and oxygen atoms in total. The minimum absolute atomic E-state index is 0.231. The number of nitrogens with one attached hydrogen (secondary N) is 1. The van der Waals surface area contributed by atoms with E-state index in [2.05, 4.69) is 26.3 Å². The van der Waals surface area contributed by atoms with Crippen molar-refractivity contribution < 1.29 is 27.8 Å². The number of hydrogen-bond donors (Lipinski definition) is 2. The van der Waals surface area contributed by atoms with Gasteiger partial charge >= 0.3 is 12.1 Å². The molecule has 1 fully saturated rings. The number of ether oxygens (including phenoxy) is 1. The van der Waals surface area contributed by atoms with Crippen LogP contribution in [0.15, 0.2) is 24.5 Å². The van der Waals surface area contributed by atoms with Crippen LogP contribution in [-0.4, -0.2) is 51.4 Å². The molecule has 0 saturated carbocycles. The van der Waals surface area contributed by atoms with Crippen LogP contribution in [0.1, 0.15) is 24.1 Å². The zero-order valence-corrected chi connectivity index (χ0v) is 14.9. The van der Waals surface area contributed by atoms with Gasteiger partial charge in [-0.3, -0.25) is 4.98 Å². The fourth-order valence-electron chi connectivity index (χ4n) is 2.77. The number of alkyl halides is 3.